The van der Waals surface area contributed by atoms with Crippen LogP contribution in [0.1, 0.15) is 24.1 Å². The molecule has 1 amide bonds. The molecule has 7 heteroatoms. The summed E-state index contributed by atoms with van der Waals surface area (Å²) in [5, 5.41) is 2.93. The molecule has 2 atom stereocenters. The molecule has 2 N–H and O–H groups in total. The molecule has 0 spiro atoms. The van der Waals surface area contributed by atoms with Crippen LogP contribution in [0.25, 0.3) is 0 Å². The number of amides is 1. The zero-order valence-electron chi connectivity index (χ0n) is 16.5. The highest BCUT2D eigenvalue weighted by Gasteiger charge is 2.27. The normalized spacial score (nSPS) is 13.4. The maximum absolute atomic E-state index is 13.1. The van der Waals surface area contributed by atoms with E-state index in [-0.39, 0.29) is 23.3 Å². The zero-order chi connectivity index (χ0) is 21.6. The molecule has 5 nitrogen and oxygen atoms in total. The summed E-state index contributed by atoms with van der Waals surface area (Å²) < 4.78 is 29.2. The van der Waals surface area contributed by atoms with E-state index in [1.165, 1.54) is 12.1 Å². The van der Waals surface area contributed by atoms with Gasteiger partial charge in [0.15, 0.2) is 0 Å². The number of benzene rings is 3. The van der Waals surface area contributed by atoms with Gasteiger partial charge in [0.25, 0.3) is 0 Å². The van der Waals surface area contributed by atoms with Crippen LogP contribution in [0.3, 0.4) is 0 Å². The standard InChI is InChI=1S/C23H23BrN2O3S/c1-17(19-11-8-12-20(24)16-19)25-23(27)22(15-18-9-4-2-5-10-18)26-30(28,29)21-13-6-3-7-14-21/h2-14,16-17,22,26H,15H2,1H3,(H,25,27)/t17-,22+/m1/s1. The zero-order valence-corrected chi connectivity index (χ0v) is 18.9. The molecular formula is C23H23BrN2O3S. The lowest BCUT2D eigenvalue weighted by Crippen LogP contribution is -2.48. The predicted molar refractivity (Wildman–Crippen MR) is 121 cm³/mol. The fourth-order valence-corrected chi connectivity index (χ4v) is 4.70. The molecule has 0 aliphatic rings. The van der Waals surface area contributed by atoms with E-state index in [2.05, 4.69) is 26.0 Å². The summed E-state index contributed by atoms with van der Waals surface area (Å²) >= 11 is 3.43. The van der Waals surface area contributed by atoms with Gasteiger partial charge >= 0.3 is 0 Å². The molecule has 3 rings (SSSR count). The van der Waals surface area contributed by atoms with E-state index in [0.717, 1.165) is 15.6 Å². The number of hydrogen-bond donors (Lipinski definition) is 2. The molecule has 0 aromatic heterocycles. The molecule has 0 saturated heterocycles. The van der Waals surface area contributed by atoms with Gasteiger partial charge in [-0.15, -0.1) is 0 Å². The van der Waals surface area contributed by atoms with Gasteiger partial charge in [0.05, 0.1) is 10.9 Å². The van der Waals surface area contributed by atoms with Crippen molar-refractivity contribution in [1.29, 1.82) is 0 Å². The molecule has 156 valence electrons. The Morgan fingerprint density at radius 2 is 1.57 bits per heavy atom. The van der Waals surface area contributed by atoms with Crippen molar-refractivity contribution in [2.45, 2.75) is 30.3 Å². The Morgan fingerprint density at radius 3 is 2.20 bits per heavy atom. The van der Waals surface area contributed by atoms with Crippen LogP contribution < -0.4 is 10.0 Å². The Hall–Kier alpha value is -2.48. The number of halogens is 1. The fourth-order valence-electron chi connectivity index (χ4n) is 3.07. The molecule has 30 heavy (non-hydrogen) atoms. The SMILES string of the molecule is C[C@@H](NC(=O)[C@H](Cc1ccccc1)NS(=O)(=O)c1ccccc1)c1cccc(Br)c1. The molecule has 0 heterocycles. The van der Waals surface area contributed by atoms with Gasteiger partial charge in [-0.2, -0.15) is 4.72 Å². The number of carbonyl (C=O) groups is 1. The first-order valence-electron chi connectivity index (χ1n) is 9.52. The Balaban J connectivity index is 1.82. The second-order valence-electron chi connectivity index (χ2n) is 6.96. The van der Waals surface area contributed by atoms with Crippen LogP contribution in [0.5, 0.6) is 0 Å². The van der Waals surface area contributed by atoms with Crippen LogP contribution in [0.4, 0.5) is 0 Å². The van der Waals surface area contributed by atoms with Gasteiger partial charge in [0.1, 0.15) is 6.04 Å². The first-order chi connectivity index (χ1) is 14.3. The molecule has 0 saturated carbocycles. The molecule has 0 aliphatic carbocycles. The quantitative estimate of drug-likeness (QED) is 0.500. The monoisotopic (exact) mass is 486 g/mol. The largest absolute Gasteiger partial charge is 0.348 e. The average molecular weight is 487 g/mol. The van der Waals surface area contributed by atoms with Crippen LogP contribution >= 0.6 is 15.9 Å². The first-order valence-corrected chi connectivity index (χ1v) is 11.8. The number of nitrogens with one attached hydrogen (secondary N) is 2. The van der Waals surface area contributed by atoms with Crippen molar-refractivity contribution >= 4 is 31.9 Å². The second-order valence-corrected chi connectivity index (χ2v) is 9.59. The Bertz CT molecular complexity index is 1090. The average Bonchev–Trinajstić information content (AvgIpc) is 2.74. The first kappa shape index (κ1) is 22.2. The van der Waals surface area contributed by atoms with Crippen LogP contribution in [-0.4, -0.2) is 20.4 Å². The Labute approximate surface area is 185 Å². The smallest absolute Gasteiger partial charge is 0.241 e. The van der Waals surface area contributed by atoms with E-state index in [1.54, 1.807) is 18.2 Å². The topological polar surface area (TPSA) is 75.3 Å². The van der Waals surface area contributed by atoms with E-state index in [1.807, 2.05) is 61.5 Å². The Morgan fingerprint density at radius 1 is 0.933 bits per heavy atom. The van der Waals surface area contributed by atoms with Crippen molar-refractivity contribution < 1.29 is 13.2 Å². The summed E-state index contributed by atoms with van der Waals surface area (Å²) in [5.74, 6) is -0.383. The predicted octanol–water partition coefficient (Wildman–Crippen LogP) is 4.22. The van der Waals surface area contributed by atoms with Gasteiger partial charge < -0.3 is 5.32 Å². The molecule has 3 aromatic carbocycles. The third-order valence-electron chi connectivity index (χ3n) is 4.66. The molecule has 3 aromatic rings. The highest BCUT2D eigenvalue weighted by molar-refractivity contribution is 9.10. The minimum atomic E-state index is -3.85. The maximum Gasteiger partial charge on any atom is 0.241 e. The van der Waals surface area contributed by atoms with Gasteiger partial charge in [0.2, 0.25) is 15.9 Å². The van der Waals surface area contributed by atoms with Crippen LogP contribution in [0.2, 0.25) is 0 Å². The van der Waals surface area contributed by atoms with Gasteiger partial charge in [-0.05, 0) is 48.7 Å². The third-order valence-corrected chi connectivity index (χ3v) is 6.64. The van der Waals surface area contributed by atoms with Crippen LogP contribution in [0, 0.1) is 0 Å². The molecule has 0 radical (unpaired) electrons. The van der Waals surface area contributed by atoms with E-state index >= 15 is 0 Å². The van der Waals surface area contributed by atoms with Crippen molar-refractivity contribution in [3.05, 3.63) is 101 Å². The van der Waals surface area contributed by atoms with Gasteiger partial charge in [0, 0.05) is 4.47 Å². The van der Waals surface area contributed by atoms with Crippen molar-refractivity contribution in [2.24, 2.45) is 0 Å². The number of hydrogen-bond acceptors (Lipinski definition) is 3. The van der Waals surface area contributed by atoms with E-state index in [9.17, 15) is 13.2 Å². The van der Waals surface area contributed by atoms with Crippen molar-refractivity contribution in [3.8, 4) is 0 Å². The lowest BCUT2D eigenvalue weighted by Gasteiger charge is -2.22. The van der Waals surface area contributed by atoms with Gasteiger partial charge in [-0.1, -0.05) is 76.6 Å². The number of sulfonamides is 1. The van der Waals surface area contributed by atoms with Crippen LogP contribution in [0.15, 0.2) is 94.3 Å². The molecular weight excluding hydrogens is 464 g/mol. The number of rotatable bonds is 8. The summed E-state index contributed by atoms with van der Waals surface area (Å²) in [6, 6.07) is 23.8. The minimum Gasteiger partial charge on any atom is -0.348 e. The molecule has 0 fully saturated rings. The number of carbonyl (C=O) groups excluding carboxylic acids is 1. The Kier molecular flexibility index (Phi) is 7.42. The highest BCUT2D eigenvalue weighted by Crippen LogP contribution is 2.18. The molecule has 0 bridgehead atoms. The maximum atomic E-state index is 13.1. The van der Waals surface area contributed by atoms with Crippen LogP contribution in [-0.2, 0) is 21.2 Å². The van der Waals surface area contributed by atoms with Gasteiger partial charge in [-0.25, -0.2) is 8.42 Å². The second kappa shape index (κ2) is 10.0. The van der Waals surface area contributed by atoms with E-state index in [0.29, 0.717) is 0 Å². The molecule has 0 aliphatic heterocycles. The lowest BCUT2D eigenvalue weighted by atomic mass is 10.0. The minimum absolute atomic E-state index is 0.121. The van der Waals surface area contributed by atoms with Crippen molar-refractivity contribution in [1.82, 2.24) is 10.0 Å². The lowest BCUT2D eigenvalue weighted by molar-refractivity contribution is -0.123. The summed E-state index contributed by atoms with van der Waals surface area (Å²) in [6.07, 6.45) is 0.240. The summed E-state index contributed by atoms with van der Waals surface area (Å²) in [6.45, 7) is 1.87. The van der Waals surface area contributed by atoms with E-state index < -0.39 is 16.1 Å². The third kappa shape index (κ3) is 6.01. The summed E-state index contributed by atoms with van der Waals surface area (Å²) in [7, 11) is -3.85. The fraction of sp³-hybridized carbons (Fsp3) is 0.174. The van der Waals surface area contributed by atoms with E-state index in [4.69, 9.17) is 0 Å². The van der Waals surface area contributed by atoms with Crippen molar-refractivity contribution in [3.63, 3.8) is 0 Å². The highest BCUT2D eigenvalue weighted by atomic mass is 79.9. The summed E-state index contributed by atoms with van der Waals surface area (Å²) in [4.78, 5) is 13.2. The summed E-state index contributed by atoms with van der Waals surface area (Å²) in [5.41, 5.74) is 1.78. The molecule has 0 unspecified atom stereocenters. The van der Waals surface area contributed by atoms with Gasteiger partial charge in [-0.3, -0.25) is 4.79 Å². The van der Waals surface area contributed by atoms with Crippen molar-refractivity contribution in [2.75, 3.05) is 0 Å².